The van der Waals surface area contributed by atoms with Gasteiger partial charge in [0.15, 0.2) is 0 Å². The van der Waals surface area contributed by atoms with Gasteiger partial charge in [-0.3, -0.25) is 0 Å². The normalized spacial score (nSPS) is 36.0. The summed E-state index contributed by atoms with van der Waals surface area (Å²) < 4.78 is 0. The van der Waals surface area contributed by atoms with E-state index in [1.807, 2.05) is 0 Å². The standard InChI is InChI=1S/C13H26N2/c1-11-4-2-8-13(11,10-14)15-9-3-5-12-6-7-12/h11-12,15H,2-10,14H2,1H3. The van der Waals surface area contributed by atoms with Gasteiger partial charge in [-0.15, -0.1) is 0 Å². The minimum Gasteiger partial charge on any atom is -0.329 e. The molecular formula is C13H26N2. The average molecular weight is 210 g/mol. The molecule has 2 aliphatic carbocycles. The Morgan fingerprint density at radius 1 is 1.33 bits per heavy atom. The van der Waals surface area contributed by atoms with Gasteiger partial charge in [0.1, 0.15) is 0 Å². The molecule has 0 saturated heterocycles. The lowest BCUT2D eigenvalue weighted by molar-refractivity contribution is 0.265. The van der Waals surface area contributed by atoms with E-state index in [2.05, 4.69) is 12.2 Å². The number of nitrogens with two attached hydrogens (primary N) is 1. The molecule has 2 atom stereocenters. The first-order chi connectivity index (χ1) is 7.27. The van der Waals surface area contributed by atoms with Crippen LogP contribution in [0.2, 0.25) is 0 Å². The molecule has 2 rings (SSSR count). The highest BCUT2D eigenvalue weighted by atomic mass is 15.0. The number of hydrogen-bond donors (Lipinski definition) is 2. The SMILES string of the molecule is CC1CCCC1(CN)NCCCC1CC1. The Morgan fingerprint density at radius 3 is 2.67 bits per heavy atom. The Morgan fingerprint density at radius 2 is 2.13 bits per heavy atom. The molecule has 2 saturated carbocycles. The van der Waals surface area contributed by atoms with E-state index in [0.29, 0.717) is 0 Å². The molecule has 0 radical (unpaired) electrons. The lowest BCUT2D eigenvalue weighted by atomic mass is 9.88. The maximum atomic E-state index is 5.95. The third kappa shape index (κ3) is 2.73. The second-order valence-electron chi connectivity index (χ2n) is 5.67. The fourth-order valence-electron chi connectivity index (χ4n) is 3.02. The summed E-state index contributed by atoms with van der Waals surface area (Å²) in [6, 6.07) is 0. The zero-order valence-electron chi connectivity index (χ0n) is 10.1. The van der Waals surface area contributed by atoms with Crippen molar-refractivity contribution in [3.63, 3.8) is 0 Å². The van der Waals surface area contributed by atoms with E-state index in [1.165, 1.54) is 51.5 Å². The van der Waals surface area contributed by atoms with Crippen molar-refractivity contribution in [1.29, 1.82) is 0 Å². The van der Waals surface area contributed by atoms with E-state index in [0.717, 1.165) is 18.4 Å². The highest BCUT2D eigenvalue weighted by Crippen LogP contribution is 2.35. The topological polar surface area (TPSA) is 38.0 Å². The van der Waals surface area contributed by atoms with Gasteiger partial charge in [0.25, 0.3) is 0 Å². The minimum atomic E-state index is 0.281. The van der Waals surface area contributed by atoms with Gasteiger partial charge in [-0.1, -0.05) is 26.2 Å². The van der Waals surface area contributed by atoms with E-state index in [9.17, 15) is 0 Å². The number of nitrogens with one attached hydrogen (secondary N) is 1. The third-order valence-corrected chi connectivity index (χ3v) is 4.53. The van der Waals surface area contributed by atoms with Gasteiger partial charge in [-0.2, -0.15) is 0 Å². The van der Waals surface area contributed by atoms with Crippen LogP contribution >= 0.6 is 0 Å². The van der Waals surface area contributed by atoms with E-state index < -0.39 is 0 Å². The van der Waals surface area contributed by atoms with Crippen molar-refractivity contribution in [2.75, 3.05) is 13.1 Å². The number of rotatable bonds is 6. The smallest absolute Gasteiger partial charge is 0.0329 e. The minimum absolute atomic E-state index is 0.281. The molecule has 2 heteroatoms. The maximum Gasteiger partial charge on any atom is 0.0329 e. The molecule has 0 heterocycles. The Bertz CT molecular complexity index is 201. The van der Waals surface area contributed by atoms with Gasteiger partial charge in [0, 0.05) is 12.1 Å². The first kappa shape index (κ1) is 11.4. The first-order valence-electron chi connectivity index (χ1n) is 6.72. The van der Waals surface area contributed by atoms with Crippen LogP contribution in [0.15, 0.2) is 0 Å². The third-order valence-electron chi connectivity index (χ3n) is 4.53. The lowest BCUT2D eigenvalue weighted by Gasteiger charge is -2.34. The summed E-state index contributed by atoms with van der Waals surface area (Å²) in [6.07, 6.45) is 9.74. The highest BCUT2D eigenvalue weighted by molar-refractivity contribution is 4.98. The predicted octanol–water partition coefficient (Wildman–Crippen LogP) is 2.28. The van der Waals surface area contributed by atoms with Crippen LogP contribution < -0.4 is 11.1 Å². The molecule has 2 nitrogen and oxygen atoms in total. The second-order valence-corrected chi connectivity index (χ2v) is 5.67. The van der Waals surface area contributed by atoms with E-state index >= 15 is 0 Å². The second kappa shape index (κ2) is 4.84. The van der Waals surface area contributed by atoms with Crippen LogP contribution in [0.3, 0.4) is 0 Å². The Balaban J connectivity index is 1.69. The molecule has 0 aromatic heterocycles. The van der Waals surface area contributed by atoms with E-state index in [-0.39, 0.29) is 5.54 Å². The van der Waals surface area contributed by atoms with Crippen molar-refractivity contribution < 1.29 is 0 Å². The van der Waals surface area contributed by atoms with Crippen LogP contribution in [-0.4, -0.2) is 18.6 Å². The summed E-state index contributed by atoms with van der Waals surface area (Å²) in [6.45, 7) is 4.35. The molecule has 2 fully saturated rings. The van der Waals surface area contributed by atoms with Gasteiger partial charge < -0.3 is 11.1 Å². The molecular weight excluding hydrogens is 184 g/mol. The van der Waals surface area contributed by atoms with Gasteiger partial charge in [-0.05, 0) is 44.1 Å². The van der Waals surface area contributed by atoms with Crippen LogP contribution in [0, 0.1) is 11.8 Å². The van der Waals surface area contributed by atoms with Crippen molar-refractivity contribution in [2.24, 2.45) is 17.6 Å². The summed E-state index contributed by atoms with van der Waals surface area (Å²) in [5.41, 5.74) is 6.23. The van der Waals surface area contributed by atoms with E-state index in [4.69, 9.17) is 5.73 Å². The van der Waals surface area contributed by atoms with Gasteiger partial charge >= 0.3 is 0 Å². The maximum absolute atomic E-state index is 5.95. The predicted molar refractivity (Wildman–Crippen MR) is 64.8 cm³/mol. The summed E-state index contributed by atoms with van der Waals surface area (Å²) in [7, 11) is 0. The lowest BCUT2D eigenvalue weighted by Crippen LogP contribution is -2.53. The van der Waals surface area contributed by atoms with Crippen molar-refractivity contribution >= 4 is 0 Å². The average Bonchev–Trinajstić information content (AvgIpc) is 2.99. The van der Waals surface area contributed by atoms with E-state index in [1.54, 1.807) is 0 Å². The van der Waals surface area contributed by atoms with Crippen LogP contribution in [0.1, 0.15) is 51.9 Å². The zero-order valence-corrected chi connectivity index (χ0v) is 10.1. The fourth-order valence-corrected chi connectivity index (χ4v) is 3.02. The zero-order chi connectivity index (χ0) is 10.7. The molecule has 2 unspecified atom stereocenters. The van der Waals surface area contributed by atoms with Crippen LogP contribution in [0.5, 0.6) is 0 Å². The van der Waals surface area contributed by atoms with Crippen molar-refractivity contribution in [2.45, 2.75) is 57.4 Å². The Hall–Kier alpha value is -0.0800. The Kier molecular flexibility index (Phi) is 3.68. The van der Waals surface area contributed by atoms with Crippen LogP contribution in [0.4, 0.5) is 0 Å². The Labute approximate surface area is 94.0 Å². The van der Waals surface area contributed by atoms with Gasteiger partial charge in [0.2, 0.25) is 0 Å². The largest absolute Gasteiger partial charge is 0.329 e. The quantitative estimate of drug-likeness (QED) is 0.660. The van der Waals surface area contributed by atoms with Crippen LogP contribution in [-0.2, 0) is 0 Å². The molecule has 3 N–H and O–H groups in total. The highest BCUT2D eigenvalue weighted by Gasteiger charge is 2.38. The van der Waals surface area contributed by atoms with Crippen molar-refractivity contribution in [3.05, 3.63) is 0 Å². The molecule has 2 aliphatic rings. The molecule has 0 amide bonds. The summed E-state index contributed by atoms with van der Waals surface area (Å²) in [5, 5.41) is 3.75. The number of hydrogen-bond acceptors (Lipinski definition) is 2. The van der Waals surface area contributed by atoms with Crippen LogP contribution in [0.25, 0.3) is 0 Å². The first-order valence-corrected chi connectivity index (χ1v) is 6.72. The summed E-state index contributed by atoms with van der Waals surface area (Å²) in [4.78, 5) is 0. The summed E-state index contributed by atoms with van der Waals surface area (Å²) >= 11 is 0. The molecule has 0 aromatic carbocycles. The van der Waals surface area contributed by atoms with Gasteiger partial charge in [-0.25, -0.2) is 0 Å². The van der Waals surface area contributed by atoms with Gasteiger partial charge in [0.05, 0.1) is 0 Å². The molecule has 15 heavy (non-hydrogen) atoms. The molecule has 0 bridgehead atoms. The summed E-state index contributed by atoms with van der Waals surface area (Å²) in [5.74, 6) is 1.84. The van der Waals surface area contributed by atoms with Crippen molar-refractivity contribution in [1.82, 2.24) is 5.32 Å². The molecule has 88 valence electrons. The molecule has 0 aromatic rings. The fraction of sp³-hybridized carbons (Fsp3) is 1.00. The van der Waals surface area contributed by atoms with Crippen molar-refractivity contribution in [3.8, 4) is 0 Å². The monoisotopic (exact) mass is 210 g/mol. The molecule has 0 spiro atoms. The molecule has 0 aliphatic heterocycles.